The summed E-state index contributed by atoms with van der Waals surface area (Å²) >= 11 is 5.85. The third kappa shape index (κ3) is 5.65. The monoisotopic (exact) mass is 424 g/mol. The van der Waals surface area contributed by atoms with Crippen molar-refractivity contribution >= 4 is 11.6 Å². The zero-order chi connectivity index (χ0) is 21.5. The average molecular weight is 425 g/mol. The highest BCUT2D eigenvalue weighted by atomic mass is 35.5. The molecule has 0 fully saturated rings. The Labute approximate surface area is 182 Å². The van der Waals surface area contributed by atoms with Crippen molar-refractivity contribution in [3.05, 3.63) is 107 Å². The zero-order valence-corrected chi connectivity index (χ0v) is 18.0. The second kappa shape index (κ2) is 10.3. The van der Waals surface area contributed by atoms with Crippen LogP contribution in [0.4, 0.5) is 4.39 Å². The summed E-state index contributed by atoms with van der Waals surface area (Å²) in [6, 6.07) is 15.2. The quantitative estimate of drug-likeness (QED) is 0.488. The first-order valence-corrected chi connectivity index (χ1v) is 10.3. The lowest BCUT2D eigenvalue weighted by Gasteiger charge is -2.28. The highest BCUT2D eigenvalue weighted by Gasteiger charge is 2.21. The van der Waals surface area contributed by atoms with Gasteiger partial charge >= 0.3 is 0 Å². The summed E-state index contributed by atoms with van der Waals surface area (Å²) in [5, 5.41) is 7.25. The van der Waals surface area contributed by atoms with Crippen LogP contribution in [0.1, 0.15) is 40.9 Å². The molecular weight excluding hydrogens is 399 g/mol. The van der Waals surface area contributed by atoms with Gasteiger partial charge in [0.05, 0.1) is 24.1 Å². The summed E-state index contributed by atoms with van der Waals surface area (Å²) < 4.78 is 13.9. The molecule has 0 saturated carbocycles. The lowest BCUT2D eigenvalue weighted by Crippen LogP contribution is -2.31. The van der Waals surface area contributed by atoms with E-state index >= 15 is 0 Å². The van der Waals surface area contributed by atoms with Gasteiger partial charge in [-0.05, 0) is 42.5 Å². The van der Waals surface area contributed by atoms with E-state index in [9.17, 15) is 4.39 Å². The maximum atomic E-state index is 13.9. The maximum absolute atomic E-state index is 13.9. The molecule has 2 atom stereocenters. The molecule has 0 saturated heterocycles. The third-order valence-corrected chi connectivity index (χ3v) is 5.31. The molecule has 3 rings (SSSR count). The molecule has 2 aromatic carbocycles. The first kappa shape index (κ1) is 21.9. The van der Waals surface area contributed by atoms with Crippen molar-refractivity contribution in [2.45, 2.75) is 31.8 Å². The van der Waals surface area contributed by atoms with Gasteiger partial charge in [0.2, 0.25) is 0 Å². The largest absolute Gasteiger partial charge is 0.390 e. The normalized spacial score (nSPS) is 12.9. The van der Waals surface area contributed by atoms with Crippen LogP contribution in [0.5, 0.6) is 0 Å². The number of hydrogen-bond acceptors (Lipinski definition) is 4. The molecule has 0 bridgehead atoms. The number of benzene rings is 2. The minimum absolute atomic E-state index is 0.0444. The van der Waals surface area contributed by atoms with Crippen LogP contribution < -0.4 is 10.6 Å². The number of aryl methyl sites for hydroxylation is 2. The van der Waals surface area contributed by atoms with E-state index < -0.39 is 0 Å². The van der Waals surface area contributed by atoms with Crippen molar-refractivity contribution in [2.75, 3.05) is 7.05 Å². The molecule has 0 spiro atoms. The molecule has 0 aliphatic rings. The van der Waals surface area contributed by atoms with E-state index in [1.165, 1.54) is 6.07 Å². The summed E-state index contributed by atoms with van der Waals surface area (Å²) in [6.07, 6.45) is 4.70. The standard InChI is InChI=1S/C24H26ClFN4/c1-16-13-19(9-11-21(16)26)22(12-10-20-14-29-23(25)15-28-20)30-24(17(2)27-3)18-7-5-4-6-8-18/h4-9,11,13-15,22,24,27,30H,2,10,12H2,1,3H3/t22-,24-/m0/s1. The Morgan fingerprint density at radius 1 is 1.10 bits per heavy atom. The molecule has 2 N–H and O–H groups in total. The van der Waals surface area contributed by atoms with Gasteiger partial charge in [0.1, 0.15) is 11.0 Å². The Kier molecular flexibility index (Phi) is 7.55. The van der Waals surface area contributed by atoms with E-state index in [1.807, 2.05) is 37.4 Å². The number of halogens is 2. The van der Waals surface area contributed by atoms with Gasteiger partial charge in [0.25, 0.3) is 0 Å². The van der Waals surface area contributed by atoms with Crippen LogP contribution in [0.2, 0.25) is 5.15 Å². The van der Waals surface area contributed by atoms with Crippen LogP contribution in [-0.2, 0) is 6.42 Å². The Balaban J connectivity index is 1.89. The Morgan fingerprint density at radius 3 is 2.50 bits per heavy atom. The molecule has 1 aromatic heterocycles. The number of nitrogens with one attached hydrogen (secondary N) is 2. The molecule has 30 heavy (non-hydrogen) atoms. The number of nitrogens with zero attached hydrogens (tertiary/aromatic N) is 2. The van der Waals surface area contributed by atoms with Crippen molar-refractivity contribution < 1.29 is 4.39 Å². The summed E-state index contributed by atoms with van der Waals surface area (Å²) in [5.74, 6) is -0.208. The van der Waals surface area contributed by atoms with E-state index in [0.29, 0.717) is 17.1 Å². The van der Waals surface area contributed by atoms with Crippen molar-refractivity contribution in [3.63, 3.8) is 0 Å². The Hall–Kier alpha value is -2.76. The molecule has 6 heteroatoms. The smallest absolute Gasteiger partial charge is 0.147 e. The number of aromatic nitrogens is 2. The van der Waals surface area contributed by atoms with Gasteiger partial charge in [-0.1, -0.05) is 60.6 Å². The van der Waals surface area contributed by atoms with Gasteiger partial charge in [0, 0.05) is 18.8 Å². The molecule has 1 heterocycles. The molecule has 4 nitrogen and oxygen atoms in total. The number of hydrogen-bond donors (Lipinski definition) is 2. The predicted octanol–water partition coefficient (Wildman–Crippen LogP) is 5.32. The number of rotatable bonds is 9. The van der Waals surface area contributed by atoms with Crippen LogP contribution in [0.25, 0.3) is 0 Å². The van der Waals surface area contributed by atoms with Gasteiger partial charge in [-0.3, -0.25) is 10.3 Å². The fraction of sp³-hybridized carbons (Fsp3) is 0.250. The fourth-order valence-electron chi connectivity index (χ4n) is 3.38. The van der Waals surface area contributed by atoms with Crippen LogP contribution >= 0.6 is 11.6 Å². The van der Waals surface area contributed by atoms with Gasteiger partial charge in [-0.25, -0.2) is 9.37 Å². The van der Waals surface area contributed by atoms with E-state index in [1.54, 1.807) is 19.3 Å². The van der Waals surface area contributed by atoms with E-state index in [2.05, 4.69) is 39.3 Å². The second-order valence-electron chi connectivity index (χ2n) is 7.22. The fourth-order valence-corrected chi connectivity index (χ4v) is 3.48. The van der Waals surface area contributed by atoms with Gasteiger partial charge in [0.15, 0.2) is 0 Å². The minimum Gasteiger partial charge on any atom is -0.390 e. The van der Waals surface area contributed by atoms with Crippen LogP contribution in [-0.4, -0.2) is 17.0 Å². The van der Waals surface area contributed by atoms with Gasteiger partial charge < -0.3 is 5.32 Å². The molecule has 0 unspecified atom stereocenters. The maximum Gasteiger partial charge on any atom is 0.147 e. The van der Waals surface area contributed by atoms with Crippen LogP contribution in [0.15, 0.2) is 73.2 Å². The highest BCUT2D eigenvalue weighted by Crippen LogP contribution is 2.28. The first-order chi connectivity index (χ1) is 14.5. The molecule has 0 amide bonds. The van der Waals surface area contributed by atoms with E-state index in [4.69, 9.17) is 11.6 Å². The van der Waals surface area contributed by atoms with Gasteiger partial charge in [-0.15, -0.1) is 0 Å². The molecule has 3 aromatic rings. The Morgan fingerprint density at radius 2 is 1.87 bits per heavy atom. The molecule has 0 aliphatic carbocycles. The van der Waals surface area contributed by atoms with Crippen LogP contribution in [0.3, 0.4) is 0 Å². The van der Waals surface area contributed by atoms with Crippen molar-refractivity contribution in [3.8, 4) is 0 Å². The van der Waals surface area contributed by atoms with Crippen molar-refractivity contribution in [2.24, 2.45) is 0 Å². The molecule has 0 radical (unpaired) electrons. The van der Waals surface area contributed by atoms with Crippen LogP contribution in [0, 0.1) is 12.7 Å². The second-order valence-corrected chi connectivity index (χ2v) is 7.60. The lowest BCUT2D eigenvalue weighted by molar-refractivity contribution is 0.443. The Bertz CT molecular complexity index is 976. The molecule has 156 valence electrons. The topological polar surface area (TPSA) is 49.8 Å². The molecular formula is C24H26ClFN4. The zero-order valence-electron chi connectivity index (χ0n) is 17.2. The third-order valence-electron chi connectivity index (χ3n) is 5.12. The lowest BCUT2D eigenvalue weighted by atomic mass is 9.96. The summed E-state index contributed by atoms with van der Waals surface area (Å²) in [6.45, 7) is 5.97. The molecule has 0 aliphatic heterocycles. The van der Waals surface area contributed by atoms with Crippen molar-refractivity contribution in [1.29, 1.82) is 0 Å². The van der Waals surface area contributed by atoms with E-state index in [-0.39, 0.29) is 17.9 Å². The SMILES string of the molecule is C=C(NC)[C@H](N[C@@H](CCc1cnc(Cl)cn1)c1ccc(F)c(C)c1)c1ccccc1. The summed E-state index contributed by atoms with van der Waals surface area (Å²) in [4.78, 5) is 8.47. The average Bonchev–Trinajstić information content (AvgIpc) is 2.77. The highest BCUT2D eigenvalue weighted by molar-refractivity contribution is 6.29. The van der Waals surface area contributed by atoms with Crippen molar-refractivity contribution in [1.82, 2.24) is 20.6 Å². The first-order valence-electron chi connectivity index (χ1n) is 9.88. The summed E-state index contributed by atoms with van der Waals surface area (Å²) in [7, 11) is 1.86. The van der Waals surface area contributed by atoms with E-state index in [0.717, 1.165) is 28.9 Å². The van der Waals surface area contributed by atoms with Gasteiger partial charge in [-0.2, -0.15) is 0 Å². The minimum atomic E-state index is -0.208. The predicted molar refractivity (Wildman–Crippen MR) is 120 cm³/mol. The number of likely N-dealkylation sites (N-methyl/N-ethyl adjacent to an activating group) is 1. The summed E-state index contributed by atoms with van der Waals surface area (Å²) in [5.41, 5.74) is 4.45.